The van der Waals surface area contributed by atoms with Gasteiger partial charge in [-0.3, -0.25) is 9.59 Å². The number of rotatable bonds is 3. The van der Waals surface area contributed by atoms with Crippen LogP contribution >= 0.6 is 11.6 Å². The van der Waals surface area contributed by atoms with Gasteiger partial charge in [-0.25, -0.2) is 0 Å². The summed E-state index contributed by atoms with van der Waals surface area (Å²) in [6.45, 7) is 2.90. The van der Waals surface area contributed by atoms with Crippen molar-refractivity contribution in [2.75, 3.05) is 19.7 Å². The van der Waals surface area contributed by atoms with E-state index in [-0.39, 0.29) is 18.3 Å². The van der Waals surface area contributed by atoms with Crippen LogP contribution in [0.25, 0.3) is 0 Å². The van der Waals surface area contributed by atoms with Gasteiger partial charge >= 0.3 is 5.97 Å². The highest BCUT2D eigenvalue weighted by molar-refractivity contribution is 6.30. The first kappa shape index (κ1) is 14.0. The molecule has 1 saturated heterocycles. The van der Waals surface area contributed by atoms with Gasteiger partial charge in [-0.1, -0.05) is 23.7 Å². The maximum atomic E-state index is 12.4. The Morgan fingerprint density at radius 2 is 2.05 bits per heavy atom. The third kappa shape index (κ3) is 3.14. The highest BCUT2D eigenvalue weighted by Crippen LogP contribution is 2.25. The molecule has 102 valence electrons. The van der Waals surface area contributed by atoms with Crippen LogP contribution in [0.1, 0.15) is 18.4 Å². The average molecular weight is 282 g/mol. The van der Waals surface area contributed by atoms with E-state index in [0.717, 1.165) is 5.56 Å². The van der Waals surface area contributed by atoms with E-state index in [1.165, 1.54) is 0 Å². The lowest BCUT2D eigenvalue weighted by Gasteiger charge is -2.27. The molecule has 2 unspecified atom stereocenters. The second-order valence-electron chi connectivity index (χ2n) is 4.47. The Kier molecular flexibility index (Phi) is 4.56. The van der Waals surface area contributed by atoms with Crippen molar-refractivity contribution in [3.8, 4) is 0 Å². The third-order valence-electron chi connectivity index (χ3n) is 3.23. The molecule has 5 heteroatoms. The normalized spacial score (nSPS) is 23.2. The molecule has 0 aliphatic carbocycles. The van der Waals surface area contributed by atoms with E-state index in [9.17, 15) is 9.59 Å². The maximum absolute atomic E-state index is 12.4. The number of Topliss-reactive ketones (excluding diaryl/α,β-unsaturated/α-hetero) is 1. The standard InChI is InChI=1S/C14H16ClNO3/c1-2-19-14(18)12-8-16-7-11(13(12)17)9-3-5-10(15)6-4-9/h3-6,11-12,16H,2,7-8H2,1H3. The largest absolute Gasteiger partial charge is 0.465 e. The molecule has 2 rings (SSSR count). The minimum atomic E-state index is -0.714. The van der Waals surface area contributed by atoms with E-state index in [1.807, 2.05) is 12.1 Å². The molecule has 0 spiro atoms. The van der Waals surface area contributed by atoms with Crippen LogP contribution in [0.15, 0.2) is 24.3 Å². The van der Waals surface area contributed by atoms with E-state index in [2.05, 4.69) is 5.32 Å². The fourth-order valence-electron chi connectivity index (χ4n) is 2.24. The fourth-order valence-corrected chi connectivity index (χ4v) is 2.36. The lowest BCUT2D eigenvalue weighted by molar-refractivity contribution is -0.152. The van der Waals surface area contributed by atoms with Crippen LogP contribution in [0.3, 0.4) is 0 Å². The van der Waals surface area contributed by atoms with E-state index in [1.54, 1.807) is 19.1 Å². The summed E-state index contributed by atoms with van der Waals surface area (Å²) in [4.78, 5) is 24.1. The first-order chi connectivity index (χ1) is 9.13. The lowest BCUT2D eigenvalue weighted by Crippen LogP contribution is -2.46. The molecule has 0 bridgehead atoms. The van der Waals surface area contributed by atoms with Crippen LogP contribution in [0.4, 0.5) is 0 Å². The molecule has 1 aliphatic heterocycles. The average Bonchev–Trinajstić information content (AvgIpc) is 2.40. The number of ether oxygens (including phenoxy) is 1. The van der Waals surface area contributed by atoms with Gasteiger partial charge in [0.2, 0.25) is 0 Å². The van der Waals surface area contributed by atoms with Gasteiger partial charge in [-0.05, 0) is 24.6 Å². The lowest BCUT2D eigenvalue weighted by atomic mass is 9.84. The first-order valence-corrected chi connectivity index (χ1v) is 6.67. The Bertz CT molecular complexity index is 472. The molecular weight excluding hydrogens is 266 g/mol. The summed E-state index contributed by atoms with van der Waals surface area (Å²) in [7, 11) is 0. The highest BCUT2D eigenvalue weighted by Gasteiger charge is 2.37. The van der Waals surface area contributed by atoms with Gasteiger partial charge in [0.25, 0.3) is 0 Å². The molecule has 4 nitrogen and oxygen atoms in total. The van der Waals surface area contributed by atoms with Crippen molar-refractivity contribution in [1.82, 2.24) is 5.32 Å². The Hall–Kier alpha value is -1.39. The van der Waals surface area contributed by atoms with Crippen LogP contribution < -0.4 is 5.32 Å². The van der Waals surface area contributed by atoms with Crippen molar-refractivity contribution in [1.29, 1.82) is 0 Å². The molecule has 1 aliphatic rings. The van der Waals surface area contributed by atoms with Crippen molar-refractivity contribution in [3.05, 3.63) is 34.9 Å². The van der Waals surface area contributed by atoms with Gasteiger partial charge in [-0.15, -0.1) is 0 Å². The Morgan fingerprint density at radius 1 is 1.37 bits per heavy atom. The van der Waals surface area contributed by atoms with Crippen LogP contribution in [0, 0.1) is 5.92 Å². The fraction of sp³-hybridized carbons (Fsp3) is 0.429. The van der Waals surface area contributed by atoms with E-state index < -0.39 is 11.9 Å². The molecule has 1 aromatic rings. The van der Waals surface area contributed by atoms with Gasteiger partial charge < -0.3 is 10.1 Å². The Balaban J connectivity index is 2.16. The van der Waals surface area contributed by atoms with E-state index >= 15 is 0 Å². The van der Waals surface area contributed by atoms with Crippen molar-refractivity contribution in [3.63, 3.8) is 0 Å². The Morgan fingerprint density at radius 3 is 2.68 bits per heavy atom. The summed E-state index contributed by atoms with van der Waals surface area (Å²) >= 11 is 5.83. The van der Waals surface area contributed by atoms with Gasteiger partial charge in [0, 0.05) is 18.1 Å². The number of benzene rings is 1. The zero-order valence-electron chi connectivity index (χ0n) is 10.7. The predicted octanol–water partition coefficient (Wildman–Crippen LogP) is 1.78. The zero-order valence-corrected chi connectivity index (χ0v) is 11.4. The van der Waals surface area contributed by atoms with E-state index in [4.69, 9.17) is 16.3 Å². The predicted molar refractivity (Wildman–Crippen MR) is 72.2 cm³/mol. The number of esters is 1. The zero-order chi connectivity index (χ0) is 13.8. The summed E-state index contributed by atoms with van der Waals surface area (Å²) in [5.41, 5.74) is 0.871. The number of piperidine rings is 1. The molecule has 0 aromatic heterocycles. The first-order valence-electron chi connectivity index (χ1n) is 6.30. The molecular formula is C14H16ClNO3. The van der Waals surface area contributed by atoms with E-state index in [0.29, 0.717) is 18.1 Å². The van der Waals surface area contributed by atoms with Crippen LogP contribution in [-0.4, -0.2) is 31.4 Å². The van der Waals surface area contributed by atoms with Crippen LogP contribution in [0.5, 0.6) is 0 Å². The van der Waals surface area contributed by atoms with Gasteiger partial charge in [-0.2, -0.15) is 0 Å². The molecule has 1 N–H and O–H groups in total. The highest BCUT2D eigenvalue weighted by atomic mass is 35.5. The molecule has 2 atom stereocenters. The van der Waals surface area contributed by atoms with Crippen LogP contribution in [0.2, 0.25) is 5.02 Å². The smallest absolute Gasteiger partial charge is 0.317 e. The number of hydrogen-bond acceptors (Lipinski definition) is 4. The number of ketones is 1. The van der Waals surface area contributed by atoms with Crippen LogP contribution in [-0.2, 0) is 14.3 Å². The molecule has 1 aromatic carbocycles. The van der Waals surface area contributed by atoms with Gasteiger partial charge in [0.05, 0.1) is 12.5 Å². The molecule has 0 radical (unpaired) electrons. The minimum absolute atomic E-state index is 0.0838. The summed E-state index contributed by atoms with van der Waals surface area (Å²) in [5.74, 6) is -1.56. The number of nitrogens with one attached hydrogen (secondary N) is 1. The molecule has 0 saturated carbocycles. The topological polar surface area (TPSA) is 55.4 Å². The van der Waals surface area contributed by atoms with Crippen molar-refractivity contribution >= 4 is 23.4 Å². The van der Waals surface area contributed by atoms with Crippen molar-refractivity contribution < 1.29 is 14.3 Å². The SMILES string of the molecule is CCOC(=O)C1CNCC(c2ccc(Cl)cc2)C1=O. The molecule has 1 heterocycles. The Labute approximate surface area is 117 Å². The number of halogens is 1. The summed E-state index contributed by atoms with van der Waals surface area (Å²) in [6.07, 6.45) is 0. The van der Waals surface area contributed by atoms with Crippen molar-refractivity contribution in [2.24, 2.45) is 5.92 Å². The number of carbonyl (C=O) groups excluding carboxylic acids is 2. The number of hydrogen-bond donors (Lipinski definition) is 1. The second kappa shape index (κ2) is 6.17. The summed E-state index contributed by atoms with van der Waals surface area (Å²) < 4.78 is 4.93. The second-order valence-corrected chi connectivity index (χ2v) is 4.91. The minimum Gasteiger partial charge on any atom is -0.465 e. The molecule has 0 amide bonds. The van der Waals surface area contributed by atoms with Crippen molar-refractivity contribution in [2.45, 2.75) is 12.8 Å². The third-order valence-corrected chi connectivity index (χ3v) is 3.48. The van der Waals surface area contributed by atoms with Gasteiger partial charge in [0.1, 0.15) is 5.92 Å². The summed E-state index contributed by atoms with van der Waals surface area (Å²) in [6, 6.07) is 7.14. The molecule has 19 heavy (non-hydrogen) atoms. The van der Waals surface area contributed by atoms with Gasteiger partial charge in [0.15, 0.2) is 5.78 Å². The maximum Gasteiger partial charge on any atom is 0.317 e. The summed E-state index contributed by atoms with van der Waals surface area (Å²) in [5, 5.41) is 3.74. The molecule has 1 fully saturated rings. The number of carbonyl (C=O) groups is 2. The monoisotopic (exact) mass is 281 g/mol. The quantitative estimate of drug-likeness (QED) is 0.678.